The van der Waals surface area contributed by atoms with Gasteiger partial charge in [-0.15, -0.1) is 11.3 Å². The number of halogens is 2. The van der Waals surface area contributed by atoms with E-state index in [4.69, 9.17) is 0 Å². The van der Waals surface area contributed by atoms with E-state index in [2.05, 4.69) is 4.98 Å². The molecule has 0 atom stereocenters. The Bertz CT molecular complexity index is 844. The van der Waals surface area contributed by atoms with Gasteiger partial charge in [0.1, 0.15) is 16.6 Å². The Balaban J connectivity index is 2.11. The molecule has 110 valence electrons. The minimum Gasteiger partial charge on any atom is -0.258 e. The molecule has 0 aliphatic rings. The van der Waals surface area contributed by atoms with Gasteiger partial charge in [-0.1, -0.05) is 18.2 Å². The minimum atomic E-state index is -0.719. The van der Waals surface area contributed by atoms with E-state index in [1.807, 2.05) is 0 Å². The van der Waals surface area contributed by atoms with Gasteiger partial charge < -0.3 is 0 Å². The Hall–Kier alpha value is -2.67. The molecule has 0 amide bonds. The Morgan fingerprint density at radius 2 is 1.73 bits per heavy atom. The Kier molecular flexibility index (Phi) is 3.64. The van der Waals surface area contributed by atoms with E-state index in [1.165, 1.54) is 12.1 Å². The van der Waals surface area contributed by atoms with Crippen molar-refractivity contribution in [2.24, 2.45) is 0 Å². The van der Waals surface area contributed by atoms with Gasteiger partial charge in [-0.05, 0) is 18.2 Å². The fourth-order valence-electron chi connectivity index (χ4n) is 2.06. The molecular weight excluding hydrogens is 310 g/mol. The maximum atomic E-state index is 13.8. The van der Waals surface area contributed by atoms with Crippen molar-refractivity contribution >= 4 is 17.0 Å². The lowest BCUT2D eigenvalue weighted by Crippen LogP contribution is -1.92. The molecule has 7 heteroatoms. The van der Waals surface area contributed by atoms with Crippen LogP contribution < -0.4 is 0 Å². The van der Waals surface area contributed by atoms with E-state index in [9.17, 15) is 18.9 Å². The molecule has 0 radical (unpaired) electrons. The van der Waals surface area contributed by atoms with Gasteiger partial charge >= 0.3 is 0 Å². The molecule has 2 aromatic carbocycles. The van der Waals surface area contributed by atoms with E-state index in [-0.39, 0.29) is 16.3 Å². The van der Waals surface area contributed by atoms with Crippen LogP contribution in [0.25, 0.3) is 21.8 Å². The van der Waals surface area contributed by atoms with Crippen molar-refractivity contribution in [1.29, 1.82) is 0 Å². The predicted molar refractivity (Wildman–Crippen MR) is 79.6 cm³/mol. The molecule has 0 aliphatic carbocycles. The van der Waals surface area contributed by atoms with Crippen LogP contribution in [0.3, 0.4) is 0 Å². The zero-order valence-electron chi connectivity index (χ0n) is 11.0. The van der Waals surface area contributed by atoms with Crippen molar-refractivity contribution in [3.05, 3.63) is 69.6 Å². The lowest BCUT2D eigenvalue weighted by molar-refractivity contribution is -0.384. The van der Waals surface area contributed by atoms with Crippen molar-refractivity contribution in [3.8, 4) is 21.8 Å². The van der Waals surface area contributed by atoms with E-state index in [0.717, 1.165) is 23.5 Å². The average molecular weight is 318 g/mol. The summed E-state index contributed by atoms with van der Waals surface area (Å²) in [6, 6.07) is 9.66. The van der Waals surface area contributed by atoms with Crippen LogP contribution in [0.15, 0.2) is 47.8 Å². The zero-order chi connectivity index (χ0) is 15.7. The number of thiazole rings is 1. The SMILES string of the molecule is O=[N+]([O-])c1ccccc1-c1csc(-c2c(F)cccc2F)n1. The minimum absolute atomic E-state index is 0.103. The predicted octanol–water partition coefficient (Wildman–Crippen LogP) is 4.66. The number of aromatic nitrogens is 1. The highest BCUT2D eigenvalue weighted by Gasteiger charge is 2.19. The lowest BCUT2D eigenvalue weighted by atomic mass is 10.1. The third-order valence-electron chi connectivity index (χ3n) is 3.06. The van der Waals surface area contributed by atoms with Crippen molar-refractivity contribution in [3.63, 3.8) is 0 Å². The highest BCUT2D eigenvalue weighted by Crippen LogP contribution is 2.35. The topological polar surface area (TPSA) is 56.0 Å². The number of para-hydroxylation sites is 1. The Morgan fingerprint density at radius 1 is 1.05 bits per heavy atom. The molecular formula is C15H8F2N2O2S. The van der Waals surface area contributed by atoms with E-state index in [1.54, 1.807) is 23.6 Å². The molecule has 3 aromatic rings. The van der Waals surface area contributed by atoms with Crippen LogP contribution in [-0.2, 0) is 0 Å². The molecule has 0 unspecified atom stereocenters. The van der Waals surface area contributed by atoms with Gasteiger partial charge in [-0.25, -0.2) is 13.8 Å². The second-order valence-corrected chi connectivity index (χ2v) is 5.27. The van der Waals surface area contributed by atoms with Gasteiger partial charge in [0.05, 0.1) is 21.7 Å². The maximum Gasteiger partial charge on any atom is 0.278 e. The van der Waals surface area contributed by atoms with Gasteiger partial charge in [-0.2, -0.15) is 0 Å². The zero-order valence-corrected chi connectivity index (χ0v) is 11.8. The highest BCUT2D eigenvalue weighted by molar-refractivity contribution is 7.13. The molecule has 3 rings (SSSR count). The van der Waals surface area contributed by atoms with Crippen LogP contribution in [0.1, 0.15) is 0 Å². The van der Waals surface area contributed by atoms with Crippen molar-refractivity contribution < 1.29 is 13.7 Å². The fourth-order valence-corrected chi connectivity index (χ4v) is 2.93. The maximum absolute atomic E-state index is 13.8. The van der Waals surface area contributed by atoms with Crippen LogP contribution in [0.4, 0.5) is 14.5 Å². The molecule has 0 saturated carbocycles. The molecule has 0 spiro atoms. The first kappa shape index (κ1) is 14.3. The van der Waals surface area contributed by atoms with Crippen LogP contribution in [0, 0.1) is 21.7 Å². The molecule has 0 bridgehead atoms. The molecule has 0 saturated heterocycles. The molecule has 1 heterocycles. The van der Waals surface area contributed by atoms with Gasteiger partial charge in [-0.3, -0.25) is 10.1 Å². The number of hydrogen-bond acceptors (Lipinski definition) is 4. The van der Waals surface area contributed by atoms with Crippen molar-refractivity contribution in [2.75, 3.05) is 0 Å². The third-order valence-corrected chi connectivity index (χ3v) is 3.92. The Morgan fingerprint density at radius 3 is 2.41 bits per heavy atom. The highest BCUT2D eigenvalue weighted by atomic mass is 32.1. The van der Waals surface area contributed by atoms with E-state index >= 15 is 0 Å². The molecule has 0 N–H and O–H groups in total. The molecule has 4 nitrogen and oxygen atoms in total. The number of nitrogens with zero attached hydrogens (tertiary/aromatic N) is 2. The summed E-state index contributed by atoms with van der Waals surface area (Å²) < 4.78 is 27.5. The molecule has 0 fully saturated rings. The molecule has 1 aromatic heterocycles. The molecule has 22 heavy (non-hydrogen) atoms. The third kappa shape index (κ3) is 2.46. The Labute approximate surface area is 127 Å². The summed E-state index contributed by atoms with van der Waals surface area (Å²) in [5.74, 6) is -1.44. The monoisotopic (exact) mass is 318 g/mol. The standard InChI is InChI=1S/C15H8F2N2O2S/c16-10-5-3-6-11(17)14(10)15-18-12(8-22-15)9-4-1-2-7-13(9)19(20)21/h1-8H. The lowest BCUT2D eigenvalue weighted by Gasteiger charge is -2.01. The number of rotatable bonds is 3. The van der Waals surface area contributed by atoms with Crippen molar-refractivity contribution in [1.82, 2.24) is 4.98 Å². The average Bonchev–Trinajstić information content (AvgIpc) is 2.96. The van der Waals surface area contributed by atoms with E-state index in [0.29, 0.717) is 11.3 Å². The normalized spacial score (nSPS) is 10.6. The fraction of sp³-hybridized carbons (Fsp3) is 0. The molecule has 0 aliphatic heterocycles. The van der Waals surface area contributed by atoms with Crippen LogP contribution in [0.2, 0.25) is 0 Å². The summed E-state index contributed by atoms with van der Waals surface area (Å²) in [6.45, 7) is 0. The van der Waals surface area contributed by atoms with Crippen LogP contribution in [0.5, 0.6) is 0 Å². The van der Waals surface area contributed by atoms with Gasteiger partial charge in [0, 0.05) is 11.4 Å². The summed E-state index contributed by atoms with van der Waals surface area (Å²) in [5, 5.41) is 12.7. The number of nitro benzene ring substituents is 1. The van der Waals surface area contributed by atoms with E-state index < -0.39 is 16.6 Å². The number of hydrogen-bond donors (Lipinski definition) is 0. The largest absolute Gasteiger partial charge is 0.278 e. The first-order chi connectivity index (χ1) is 10.6. The first-order valence-corrected chi connectivity index (χ1v) is 7.09. The summed E-state index contributed by atoms with van der Waals surface area (Å²) in [7, 11) is 0. The van der Waals surface area contributed by atoms with Crippen LogP contribution in [-0.4, -0.2) is 9.91 Å². The number of nitro groups is 1. The van der Waals surface area contributed by atoms with Crippen LogP contribution >= 0.6 is 11.3 Å². The second-order valence-electron chi connectivity index (χ2n) is 4.41. The summed E-state index contributed by atoms with van der Waals surface area (Å²) in [6.07, 6.45) is 0. The number of benzene rings is 2. The van der Waals surface area contributed by atoms with Gasteiger partial charge in [0.2, 0.25) is 0 Å². The van der Waals surface area contributed by atoms with Gasteiger partial charge in [0.25, 0.3) is 5.69 Å². The smallest absolute Gasteiger partial charge is 0.258 e. The summed E-state index contributed by atoms with van der Waals surface area (Å²) in [4.78, 5) is 14.7. The van der Waals surface area contributed by atoms with Crippen molar-refractivity contribution in [2.45, 2.75) is 0 Å². The second kappa shape index (κ2) is 5.61. The quantitative estimate of drug-likeness (QED) is 0.521. The summed E-state index contributed by atoms with van der Waals surface area (Å²) >= 11 is 1.03. The van der Waals surface area contributed by atoms with Gasteiger partial charge in [0.15, 0.2) is 0 Å². The summed E-state index contributed by atoms with van der Waals surface area (Å²) in [5.41, 5.74) is 0.299. The first-order valence-electron chi connectivity index (χ1n) is 6.21.